The Hall–Kier alpha value is -3.19. The van der Waals surface area contributed by atoms with Crippen molar-refractivity contribution in [2.75, 3.05) is 43.4 Å². The molecule has 1 amide bonds. The number of hydrogen-bond acceptors (Lipinski definition) is 5. The second kappa shape index (κ2) is 7.82. The Labute approximate surface area is 164 Å². The van der Waals surface area contributed by atoms with Crippen LogP contribution in [0.3, 0.4) is 0 Å². The molecule has 2 heterocycles. The quantitative estimate of drug-likeness (QED) is 0.758. The van der Waals surface area contributed by atoms with E-state index in [-0.39, 0.29) is 5.91 Å². The summed E-state index contributed by atoms with van der Waals surface area (Å²) in [7, 11) is 2.15. The summed E-state index contributed by atoms with van der Waals surface area (Å²) < 4.78 is 1.73. The van der Waals surface area contributed by atoms with Crippen molar-refractivity contribution in [2.24, 2.45) is 0 Å². The summed E-state index contributed by atoms with van der Waals surface area (Å²) in [5, 5.41) is 10.9. The minimum atomic E-state index is -0.130. The van der Waals surface area contributed by atoms with Crippen LogP contribution >= 0.6 is 0 Å². The first-order valence-corrected chi connectivity index (χ1v) is 9.43. The number of carbonyl (C=O) groups excluding carboxylic acids is 1. The van der Waals surface area contributed by atoms with Gasteiger partial charge in [0.15, 0.2) is 0 Å². The van der Waals surface area contributed by atoms with E-state index in [1.165, 1.54) is 5.69 Å². The van der Waals surface area contributed by atoms with Crippen LogP contribution in [0.4, 0.5) is 11.4 Å². The lowest BCUT2D eigenvalue weighted by atomic mass is 10.1. The average Bonchev–Trinajstić information content (AvgIpc) is 3.15. The Morgan fingerprint density at radius 1 is 0.929 bits per heavy atom. The molecule has 1 aliphatic rings. The molecule has 28 heavy (non-hydrogen) atoms. The molecule has 0 unspecified atom stereocenters. The monoisotopic (exact) mass is 376 g/mol. The molecule has 2 aromatic carbocycles. The molecule has 1 N–H and O–H groups in total. The van der Waals surface area contributed by atoms with Crippen LogP contribution in [0.1, 0.15) is 16.1 Å². The van der Waals surface area contributed by atoms with Gasteiger partial charge in [0.2, 0.25) is 0 Å². The van der Waals surface area contributed by atoms with Gasteiger partial charge in [-0.15, -0.1) is 5.10 Å². The Balaban J connectivity index is 1.40. The molecule has 0 radical (unpaired) electrons. The van der Waals surface area contributed by atoms with Crippen molar-refractivity contribution >= 4 is 17.3 Å². The molecule has 0 bridgehead atoms. The normalized spacial score (nSPS) is 14.9. The summed E-state index contributed by atoms with van der Waals surface area (Å²) in [5.41, 5.74) is 4.41. The van der Waals surface area contributed by atoms with Crippen LogP contribution in [0.25, 0.3) is 5.69 Å². The van der Waals surface area contributed by atoms with E-state index in [9.17, 15) is 4.79 Å². The van der Waals surface area contributed by atoms with Crippen LogP contribution in [0, 0.1) is 6.92 Å². The van der Waals surface area contributed by atoms with E-state index in [0.29, 0.717) is 5.56 Å². The van der Waals surface area contributed by atoms with Crippen molar-refractivity contribution in [3.63, 3.8) is 0 Å². The number of aromatic nitrogens is 3. The van der Waals surface area contributed by atoms with Crippen molar-refractivity contribution in [1.82, 2.24) is 19.9 Å². The number of likely N-dealkylation sites (N-methyl/N-ethyl adjacent to an activating group) is 1. The maximum Gasteiger partial charge on any atom is 0.255 e. The first kappa shape index (κ1) is 18.2. The minimum absolute atomic E-state index is 0.130. The highest BCUT2D eigenvalue weighted by molar-refractivity contribution is 6.04. The smallest absolute Gasteiger partial charge is 0.255 e. The van der Waals surface area contributed by atoms with Gasteiger partial charge in [0.05, 0.1) is 17.6 Å². The number of hydrogen-bond donors (Lipinski definition) is 1. The minimum Gasteiger partial charge on any atom is -0.369 e. The van der Waals surface area contributed by atoms with Crippen molar-refractivity contribution in [2.45, 2.75) is 6.92 Å². The predicted octanol–water partition coefficient (Wildman–Crippen LogP) is 2.58. The molecular formula is C21H24N6O. The third-order valence-corrected chi connectivity index (χ3v) is 5.09. The van der Waals surface area contributed by atoms with Crippen molar-refractivity contribution < 1.29 is 4.79 Å². The first-order chi connectivity index (χ1) is 13.6. The molecule has 1 aromatic heterocycles. The number of rotatable bonds is 4. The van der Waals surface area contributed by atoms with Crippen LogP contribution in [0.2, 0.25) is 0 Å². The molecule has 1 aliphatic heterocycles. The Kier molecular flexibility index (Phi) is 5.08. The molecule has 0 spiro atoms. The largest absolute Gasteiger partial charge is 0.369 e. The number of anilines is 2. The summed E-state index contributed by atoms with van der Waals surface area (Å²) in [4.78, 5) is 17.2. The van der Waals surface area contributed by atoms with Gasteiger partial charge < -0.3 is 15.1 Å². The van der Waals surface area contributed by atoms with Gasteiger partial charge in [-0.1, -0.05) is 5.21 Å². The number of carbonyl (C=O) groups is 1. The summed E-state index contributed by atoms with van der Waals surface area (Å²) in [6, 6.07) is 15.4. The number of nitrogens with zero attached hydrogens (tertiary/aromatic N) is 5. The van der Waals surface area contributed by atoms with Crippen molar-refractivity contribution in [3.05, 3.63) is 66.0 Å². The zero-order chi connectivity index (χ0) is 19.5. The fraction of sp³-hybridized carbons (Fsp3) is 0.286. The number of benzene rings is 2. The Morgan fingerprint density at radius 3 is 2.18 bits per heavy atom. The molecule has 7 heteroatoms. The van der Waals surface area contributed by atoms with E-state index in [1.54, 1.807) is 23.0 Å². The SMILES string of the molecule is Cc1cnnn1-c1ccc(C(=O)Nc2ccc(N3CCN(C)CC3)cc2)cc1. The Bertz CT molecular complexity index is 940. The first-order valence-electron chi connectivity index (χ1n) is 9.43. The van der Waals surface area contributed by atoms with Crippen LogP contribution in [-0.2, 0) is 0 Å². The van der Waals surface area contributed by atoms with Crippen LogP contribution in [-0.4, -0.2) is 59.0 Å². The topological polar surface area (TPSA) is 66.3 Å². The van der Waals surface area contributed by atoms with E-state index in [4.69, 9.17) is 0 Å². The van der Waals surface area contributed by atoms with Gasteiger partial charge >= 0.3 is 0 Å². The molecule has 3 aromatic rings. The van der Waals surface area contributed by atoms with Gasteiger partial charge in [-0.05, 0) is 62.5 Å². The van der Waals surface area contributed by atoms with Crippen LogP contribution < -0.4 is 10.2 Å². The maximum atomic E-state index is 12.5. The van der Waals surface area contributed by atoms with Crippen LogP contribution in [0.5, 0.6) is 0 Å². The lowest BCUT2D eigenvalue weighted by Gasteiger charge is -2.34. The molecular weight excluding hydrogens is 352 g/mol. The highest BCUT2D eigenvalue weighted by atomic mass is 16.1. The fourth-order valence-corrected chi connectivity index (χ4v) is 3.32. The molecule has 1 fully saturated rings. The van der Waals surface area contributed by atoms with E-state index in [2.05, 4.69) is 44.6 Å². The van der Waals surface area contributed by atoms with Crippen molar-refractivity contribution in [1.29, 1.82) is 0 Å². The highest BCUT2D eigenvalue weighted by Crippen LogP contribution is 2.20. The molecule has 1 saturated heterocycles. The number of nitrogens with one attached hydrogen (secondary N) is 1. The summed E-state index contributed by atoms with van der Waals surface area (Å²) in [5.74, 6) is -0.130. The van der Waals surface area contributed by atoms with E-state index in [1.807, 2.05) is 31.2 Å². The molecule has 0 saturated carbocycles. The van der Waals surface area contributed by atoms with Gasteiger partial charge in [0.25, 0.3) is 5.91 Å². The third-order valence-electron chi connectivity index (χ3n) is 5.09. The molecule has 7 nitrogen and oxygen atoms in total. The van der Waals surface area contributed by atoms with Gasteiger partial charge in [0.1, 0.15) is 0 Å². The summed E-state index contributed by atoms with van der Waals surface area (Å²) in [6.07, 6.45) is 1.70. The second-order valence-corrected chi connectivity index (χ2v) is 7.13. The molecule has 0 atom stereocenters. The van der Waals surface area contributed by atoms with Gasteiger partial charge in [-0.25, -0.2) is 4.68 Å². The highest BCUT2D eigenvalue weighted by Gasteiger charge is 2.14. The van der Waals surface area contributed by atoms with Gasteiger partial charge in [-0.3, -0.25) is 4.79 Å². The van der Waals surface area contributed by atoms with E-state index in [0.717, 1.165) is 43.2 Å². The number of amides is 1. The van der Waals surface area contributed by atoms with E-state index >= 15 is 0 Å². The predicted molar refractivity (Wildman–Crippen MR) is 110 cm³/mol. The lowest BCUT2D eigenvalue weighted by molar-refractivity contribution is 0.102. The second-order valence-electron chi connectivity index (χ2n) is 7.13. The average molecular weight is 376 g/mol. The molecule has 144 valence electrons. The molecule has 4 rings (SSSR count). The van der Waals surface area contributed by atoms with Gasteiger partial charge in [-0.2, -0.15) is 0 Å². The van der Waals surface area contributed by atoms with Crippen LogP contribution in [0.15, 0.2) is 54.7 Å². The Morgan fingerprint density at radius 2 is 1.57 bits per heavy atom. The van der Waals surface area contributed by atoms with E-state index < -0.39 is 0 Å². The van der Waals surface area contributed by atoms with Gasteiger partial charge in [0, 0.05) is 43.1 Å². The third kappa shape index (κ3) is 3.89. The summed E-state index contributed by atoms with van der Waals surface area (Å²) >= 11 is 0. The number of aryl methyl sites for hydroxylation is 1. The zero-order valence-corrected chi connectivity index (χ0v) is 16.2. The standard InChI is InChI=1S/C21H24N6O/c1-16-15-22-24-27(16)20-7-3-17(4-8-20)21(28)23-18-5-9-19(10-6-18)26-13-11-25(2)12-14-26/h3-10,15H,11-14H2,1-2H3,(H,23,28). The lowest BCUT2D eigenvalue weighted by Crippen LogP contribution is -2.44. The number of piperazine rings is 1. The fourth-order valence-electron chi connectivity index (χ4n) is 3.32. The molecule has 0 aliphatic carbocycles. The summed E-state index contributed by atoms with van der Waals surface area (Å²) in [6.45, 7) is 6.14. The zero-order valence-electron chi connectivity index (χ0n) is 16.2. The maximum absolute atomic E-state index is 12.5. The van der Waals surface area contributed by atoms with Crippen molar-refractivity contribution in [3.8, 4) is 5.69 Å².